The average molecular weight is 325 g/mol. The molecular formula is C24H23N. The Kier molecular flexibility index (Phi) is 4.39. The van der Waals surface area contributed by atoms with Crippen molar-refractivity contribution < 1.29 is 0 Å². The van der Waals surface area contributed by atoms with Gasteiger partial charge in [-0.1, -0.05) is 85.8 Å². The van der Waals surface area contributed by atoms with Gasteiger partial charge in [0.05, 0.1) is 6.04 Å². The highest BCUT2D eigenvalue weighted by atomic mass is 14.9. The predicted molar refractivity (Wildman–Crippen MR) is 107 cm³/mol. The Balaban J connectivity index is 1.79. The fourth-order valence-corrected chi connectivity index (χ4v) is 3.76. The topological polar surface area (TPSA) is 12.0 Å². The van der Waals surface area contributed by atoms with Gasteiger partial charge in [-0.15, -0.1) is 0 Å². The lowest BCUT2D eigenvalue weighted by atomic mass is 9.93. The van der Waals surface area contributed by atoms with Crippen LogP contribution in [0.1, 0.15) is 42.0 Å². The first-order valence-corrected chi connectivity index (χ1v) is 9.04. The van der Waals surface area contributed by atoms with E-state index in [9.17, 15) is 0 Å². The van der Waals surface area contributed by atoms with Crippen molar-refractivity contribution in [3.8, 4) is 0 Å². The standard InChI is InChI=1S/C24H23N/c1-2-18-17-23(22-16-10-9-15-21(18)22)24(19-11-5-3-6-12-19)25-20-13-7-4-8-14-20/h3-18,24-25H,2H2,1H3. The molecule has 0 radical (unpaired) electrons. The van der Waals surface area contributed by atoms with Gasteiger partial charge in [-0.05, 0) is 40.8 Å². The molecule has 1 aliphatic rings. The van der Waals surface area contributed by atoms with Crippen LogP contribution in [-0.4, -0.2) is 0 Å². The molecule has 0 bridgehead atoms. The third-order valence-corrected chi connectivity index (χ3v) is 5.02. The smallest absolute Gasteiger partial charge is 0.0770 e. The maximum atomic E-state index is 3.75. The molecule has 0 spiro atoms. The lowest BCUT2D eigenvalue weighted by molar-refractivity contribution is 0.817. The largest absolute Gasteiger partial charge is 0.374 e. The van der Waals surface area contributed by atoms with E-state index in [-0.39, 0.29) is 6.04 Å². The summed E-state index contributed by atoms with van der Waals surface area (Å²) in [7, 11) is 0. The van der Waals surface area contributed by atoms with Crippen LogP contribution < -0.4 is 5.32 Å². The summed E-state index contributed by atoms with van der Waals surface area (Å²) in [5, 5.41) is 3.75. The van der Waals surface area contributed by atoms with E-state index in [0.717, 1.165) is 12.1 Å². The second-order valence-electron chi connectivity index (χ2n) is 6.58. The van der Waals surface area contributed by atoms with E-state index in [2.05, 4.69) is 103 Å². The first-order chi connectivity index (χ1) is 12.4. The minimum absolute atomic E-state index is 0.154. The van der Waals surface area contributed by atoms with Crippen LogP contribution in [0.2, 0.25) is 0 Å². The van der Waals surface area contributed by atoms with Crippen molar-refractivity contribution in [2.45, 2.75) is 25.3 Å². The minimum Gasteiger partial charge on any atom is -0.374 e. The quantitative estimate of drug-likeness (QED) is 0.570. The van der Waals surface area contributed by atoms with Crippen LogP contribution in [0.5, 0.6) is 0 Å². The van der Waals surface area contributed by atoms with Gasteiger partial charge in [0, 0.05) is 11.6 Å². The molecule has 1 aliphatic carbocycles. The zero-order chi connectivity index (χ0) is 17.1. The van der Waals surface area contributed by atoms with E-state index in [1.54, 1.807) is 0 Å². The summed E-state index contributed by atoms with van der Waals surface area (Å²) in [5.74, 6) is 0.509. The number of fused-ring (bicyclic) bond motifs is 1. The molecule has 0 amide bonds. The highest BCUT2D eigenvalue weighted by Gasteiger charge is 2.27. The Hall–Kier alpha value is -2.80. The summed E-state index contributed by atoms with van der Waals surface area (Å²) in [6, 6.07) is 30.2. The number of para-hydroxylation sites is 1. The van der Waals surface area contributed by atoms with E-state index in [0.29, 0.717) is 5.92 Å². The Morgan fingerprint density at radius 3 is 2.16 bits per heavy atom. The molecule has 25 heavy (non-hydrogen) atoms. The molecule has 1 N–H and O–H groups in total. The Morgan fingerprint density at radius 2 is 1.44 bits per heavy atom. The summed E-state index contributed by atoms with van der Waals surface area (Å²) < 4.78 is 0. The number of nitrogens with one attached hydrogen (secondary N) is 1. The molecule has 1 nitrogen and oxygen atoms in total. The Morgan fingerprint density at radius 1 is 0.800 bits per heavy atom. The highest BCUT2D eigenvalue weighted by Crippen LogP contribution is 2.44. The van der Waals surface area contributed by atoms with E-state index in [1.807, 2.05) is 0 Å². The minimum atomic E-state index is 0.154. The molecule has 0 saturated carbocycles. The lowest BCUT2D eigenvalue weighted by Crippen LogP contribution is -2.12. The van der Waals surface area contributed by atoms with Crippen molar-refractivity contribution in [2.24, 2.45) is 0 Å². The monoisotopic (exact) mass is 325 g/mol. The molecule has 4 rings (SSSR count). The molecule has 2 unspecified atom stereocenters. The Bertz CT molecular complexity index is 865. The second kappa shape index (κ2) is 6.98. The highest BCUT2D eigenvalue weighted by molar-refractivity contribution is 5.81. The number of hydrogen-bond donors (Lipinski definition) is 1. The van der Waals surface area contributed by atoms with Gasteiger partial charge in [0.2, 0.25) is 0 Å². The molecule has 3 aromatic carbocycles. The van der Waals surface area contributed by atoms with Crippen molar-refractivity contribution in [3.05, 3.63) is 108 Å². The normalized spacial score (nSPS) is 16.8. The fraction of sp³-hybridized carbons (Fsp3) is 0.167. The summed E-state index contributed by atoms with van der Waals surface area (Å²) in [6.07, 6.45) is 3.59. The van der Waals surface area contributed by atoms with E-state index < -0.39 is 0 Å². The van der Waals surface area contributed by atoms with Crippen LogP contribution in [0.15, 0.2) is 91.0 Å². The van der Waals surface area contributed by atoms with Crippen LogP contribution in [0.3, 0.4) is 0 Å². The third-order valence-electron chi connectivity index (χ3n) is 5.02. The summed E-state index contributed by atoms with van der Waals surface area (Å²) in [6.45, 7) is 2.27. The molecule has 0 fully saturated rings. The van der Waals surface area contributed by atoms with Gasteiger partial charge in [-0.3, -0.25) is 0 Å². The molecule has 3 aromatic rings. The van der Waals surface area contributed by atoms with Crippen LogP contribution in [0, 0.1) is 0 Å². The first-order valence-electron chi connectivity index (χ1n) is 9.04. The van der Waals surface area contributed by atoms with Crippen LogP contribution >= 0.6 is 0 Å². The number of rotatable bonds is 5. The molecule has 0 aliphatic heterocycles. The van der Waals surface area contributed by atoms with Gasteiger partial charge in [-0.25, -0.2) is 0 Å². The molecule has 1 heteroatoms. The zero-order valence-electron chi connectivity index (χ0n) is 14.5. The van der Waals surface area contributed by atoms with Crippen LogP contribution in [0.4, 0.5) is 5.69 Å². The summed E-state index contributed by atoms with van der Waals surface area (Å²) in [4.78, 5) is 0. The number of benzene rings is 3. The van der Waals surface area contributed by atoms with Crippen molar-refractivity contribution >= 4 is 11.3 Å². The molecule has 0 aromatic heterocycles. The molecule has 0 heterocycles. The first kappa shape index (κ1) is 15.7. The van der Waals surface area contributed by atoms with Gasteiger partial charge < -0.3 is 5.32 Å². The summed E-state index contributed by atoms with van der Waals surface area (Å²) in [5.41, 5.74) is 6.67. The van der Waals surface area contributed by atoms with Gasteiger partial charge >= 0.3 is 0 Å². The van der Waals surface area contributed by atoms with Crippen molar-refractivity contribution in [1.29, 1.82) is 0 Å². The third kappa shape index (κ3) is 3.10. The van der Waals surface area contributed by atoms with E-state index >= 15 is 0 Å². The van der Waals surface area contributed by atoms with Crippen molar-refractivity contribution in [2.75, 3.05) is 5.32 Å². The fourth-order valence-electron chi connectivity index (χ4n) is 3.76. The number of allylic oxidation sites excluding steroid dienone is 1. The number of anilines is 1. The second-order valence-corrected chi connectivity index (χ2v) is 6.58. The van der Waals surface area contributed by atoms with Crippen LogP contribution in [0.25, 0.3) is 5.57 Å². The number of hydrogen-bond acceptors (Lipinski definition) is 1. The van der Waals surface area contributed by atoms with Gasteiger partial charge in [-0.2, -0.15) is 0 Å². The zero-order valence-corrected chi connectivity index (χ0v) is 14.5. The van der Waals surface area contributed by atoms with Crippen molar-refractivity contribution in [1.82, 2.24) is 0 Å². The lowest BCUT2D eigenvalue weighted by Gasteiger charge is -2.23. The summed E-state index contributed by atoms with van der Waals surface area (Å²) >= 11 is 0. The molecular weight excluding hydrogens is 302 g/mol. The average Bonchev–Trinajstić information content (AvgIpc) is 3.06. The SMILES string of the molecule is CCC1C=C(C(Nc2ccccc2)c2ccccc2)c2ccccc21. The van der Waals surface area contributed by atoms with Gasteiger partial charge in [0.15, 0.2) is 0 Å². The maximum Gasteiger partial charge on any atom is 0.0770 e. The maximum absolute atomic E-state index is 3.75. The van der Waals surface area contributed by atoms with Crippen molar-refractivity contribution in [3.63, 3.8) is 0 Å². The molecule has 2 atom stereocenters. The van der Waals surface area contributed by atoms with Crippen LogP contribution in [-0.2, 0) is 0 Å². The molecule has 124 valence electrons. The Labute approximate surface area is 150 Å². The van der Waals surface area contributed by atoms with E-state index in [1.165, 1.54) is 22.3 Å². The van der Waals surface area contributed by atoms with E-state index in [4.69, 9.17) is 0 Å². The predicted octanol–water partition coefficient (Wildman–Crippen LogP) is 6.43. The molecule has 0 saturated heterocycles. The van der Waals surface area contributed by atoms with Gasteiger partial charge in [0.1, 0.15) is 0 Å². The van der Waals surface area contributed by atoms with Gasteiger partial charge in [0.25, 0.3) is 0 Å².